The largest absolute Gasteiger partial charge is 0.345 e. The molecule has 0 radical (unpaired) electrons. The molecule has 2 aliphatic heterocycles. The molecule has 0 spiro atoms. The van der Waals surface area contributed by atoms with Crippen LogP contribution in [-0.2, 0) is 9.59 Å². The highest BCUT2D eigenvalue weighted by Crippen LogP contribution is 2.32. The highest BCUT2D eigenvalue weighted by atomic mass is 32.1. The molecule has 0 aliphatic carbocycles. The lowest BCUT2D eigenvalue weighted by atomic mass is 10.1. The predicted octanol–water partition coefficient (Wildman–Crippen LogP) is 3.53. The fraction of sp³-hybridized carbons (Fsp3) is 0.333. The van der Waals surface area contributed by atoms with Crippen LogP contribution in [0.1, 0.15) is 34.3 Å². The summed E-state index contributed by atoms with van der Waals surface area (Å²) >= 11 is 1.70. The van der Waals surface area contributed by atoms with E-state index in [1.54, 1.807) is 35.6 Å². The summed E-state index contributed by atoms with van der Waals surface area (Å²) in [4.78, 5) is 46.9. The molecular weight excluding hydrogens is 424 g/mol. The average molecular weight is 449 g/mol. The van der Waals surface area contributed by atoms with Gasteiger partial charge in [-0.1, -0.05) is 17.4 Å². The lowest BCUT2D eigenvalue weighted by Gasteiger charge is -2.34. The molecule has 0 unspecified atom stereocenters. The molecule has 1 aromatic heterocycles. The Hall–Kier alpha value is -3.26. The minimum Gasteiger partial charge on any atom is -0.345 e. The number of benzene rings is 2. The number of amides is 3. The molecule has 5 rings (SSSR count). The second-order valence-corrected chi connectivity index (χ2v) is 9.38. The highest BCUT2D eigenvalue weighted by molar-refractivity contribution is 7.22. The van der Waals surface area contributed by atoms with Crippen LogP contribution in [0.15, 0.2) is 36.4 Å². The lowest BCUT2D eigenvalue weighted by Crippen LogP contribution is -2.48. The fourth-order valence-corrected chi connectivity index (χ4v) is 5.59. The van der Waals surface area contributed by atoms with Gasteiger partial charge in [-0.2, -0.15) is 0 Å². The van der Waals surface area contributed by atoms with E-state index in [9.17, 15) is 14.4 Å². The summed E-state index contributed by atoms with van der Waals surface area (Å²) in [7, 11) is 0. The van der Waals surface area contributed by atoms with Crippen LogP contribution in [0.4, 0.5) is 10.8 Å². The maximum absolute atomic E-state index is 13.0. The first-order valence-corrected chi connectivity index (χ1v) is 11.6. The van der Waals surface area contributed by atoms with Gasteiger partial charge in [0, 0.05) is 44.6 Å². The van der Waals surface area contributed by atoms with E-state index in [1.165, 1.54) is 20.7 Å². The molecule has 2 aromatic carbocycles. The van der Waals surface area contributed by atoms with Gasteiger partial charge in [0.15, 0.2) is 5.13 Å². The number of carbonyl (C=O) groups excluding carboxylic acids is 3. The standard InChI is InChI=1S/C24H24N4O3S/c1-15-13-16(2)22-19(14-15)32-24(25-22)27-11-9-26(10-12-27)23(31)17-3-5-18(6-4-17)28-20(29)7-8-21(28)30/h3-6,13-14H,7-12H2,1-2H3. The molecule has 2 fully saturated rings. The van der Waals surface area contributed by atoms with Crippen LogP contribution in [0.5, 0.6) is 0 Å². The van der Waals surface area contributed by atoms with Crippen molar-refractivity contribution in [1.82, 2.24) is 9.88 Å². The van der Waals surface area contributed by atoms with Crippen molar-refractivity contribution >= 4 is 50.1 Å². The SMILES string of the molecule is Cc1cc(C)c2nc(N3CCN(C(=O)c4ccc(N5C(=O)CCC5=O)cc4)CC3)sc2c1. The molecule has 7 nitrogen and oxygen atoms in total. The van der Waals surface area contributed by atoms with Gasteiger partial charge in [0.25, 0.3) is 5.91 Å². The molecule has 3 heterocycles. The number of piperazine rings is 1. The number of anilines is 2. The molecule has 0 saturated carbocycles. The summed E-state index contributed by atoms with van der Waals surface area (Å²) in [6, 6.07) is 11.1. The Balaban J connectivity index is 1.25. The van der Waals surface area contributed by atoms with Crippen LogP contribution in [-0.4, -0.2) is 53.8 Å². The van der Waals surface area contributed by atoms with Crippen LogP contribution < -0.4 is 9.80 Å². The monoisotopic (exact) mass is 448 g/mol. The van der Waals surface area contributed by atoms with E-state index in [0.29, 0.717) is 24.3 Å². The number of hydrogen-bond donors (Lipinski definition) is 0. The van der Waals surface area contributed by atoms with Gasteiger partial charge in [0.2, 0.25) is 11.8 Å². The normalized spacial score (nSPS) is 17.0. The summed E-state index contributed by atoms with van der Waals surface area (Å²) in [5.41, 5.74) is 4.58. The van der Waals surface area contributed by atoms with Gasteiger partial charge in [0.1, 0.15) is 0 Å². The molecule has 0 atom stereocenters. The predicted molar refractivity (Wildman–Crippen MR) is 125 cm³/mol. The van der Waals surface area contributed by atoms with Crippen molar-refractivity contribution in [1.29, 1.82) is 0 Å². The Labute approximate surface area is 190 Å². The Morgan fingerprint density at radius 1 is 0.938 bits per heavy atom. The zero-order valence-corrected chi connectivity index (χ0v) is 18.9. The first-order chi connectivity index (χ1) is 15.4. The maximum Gasteiger partial charge on any atom is 0.253 e. The van der Waals surface area contributed by atoms with E-state index in [2.05, 4.69) is 30.9 Å². The number of nitrogens with zero attached hydrogens (tertiary/aromatic N) is 4. The molecule has 3 amide bonds. The number of carbonyl (C=O) groups is 3. The molecule has 0 N–H and O–H groups in total. The number of imide groups is 1. The lowest BCUT2D eigenvalue weighted by molar-refractivity contribution is -0.121. The third kappa shape index (κ3) is 3.64. The molecule has 3 aromatic rings. The summed E-state index contributed by atoms with van der Waals surface area (Å²) in [6.07, 6.45) is 0.495. The number of aryl methyl sites for hydroxylation is 2. The zero-order chi connectivity index (χ0) is 22.4. The Kier molecular flexibility index (Phi) is 5.17. The number of thiazole rings is 1. The number of aromatic nitrogens is 1. The van der Waals surface area contributed by atoms with Crippen molar-refractivity contribution in [2.75, 3.05) is 36.0 Å². The van der Waals surface area contributed by atoms with Gasteiger partial charge in [-0.05, 0) is 55.3 Å². The molecule has 0 bridgehead atoms. The van der Waals surface area contributed by atoms with Crippen molar-refractivity contribution in [2.45, 2.75) is 26.7 Å². The smallest absolute Gasteiger partial charge is 0.253 e. The van der Waals surface area contributed by atoms with Crippen molar-refractivity contribution in [3.05, 3.63) is 53.1 Å². The van der Waals surface area contributed by atoms with Gasteiger partial charge in [-0.3, -0.25) is 19.3 Å². The molecule has 164 valence electrons. The third-order valence-corrected chi connectivity index (χ3v) is 7.14. The maximum atomic E-state index is 13.0. The number of hydrogen-bond acceptors (Lipinski definition) is 6. The van der Waals surface area contributed by atoms with Gasteiger partial charge in [-0.15, -0.1) is 0 Å². The van der Waals surface area contributed by atoms with Crippen molar-refractivity contribution in [3.63, 3.8) is 0 Å². The Bertz CT molecular complexity index is 1210. The van der Waals surface area contributed by atoms with E-state index in [0.717, 1.165) is 23.7 Å². The summed E-state index contributed by atoms with van der Waals surface area (Å²) in [5.74, 6) is -0.415. The van der Waals surface area contributed by atoms with Crippen LogP contribution in [0.2, 0.25) is 0 Å². The molecule has 8 heteroatoms. The Morgan fingerprint density at radius 2 is 1.59 bits per heavy atom. The van der Waals surface area contributed by atoms with E-state index in [-0.39, 0.29) is 30.6 Å². The molecule has 2 aliphatic rings. The van der Waals surface area contributed by atoms with Crippen LogP contribution in [0.25, 0.3) is 10.2 Å². The zero-order valence-electron chi connectivity index (χ0n) is 18.1. The first-order valence-electron chi connectivity index (χ1n) is 10.8. The Morgan fingerprint density at radius 3 is 2.25 bits per heavy atom. The summed E-state index contributed by atoms with van der Waals surface area (Å²) in [6.45, 7) is 6.91. The topological polar surface area (TPSA) is 73.8 Å². The van der Waals surface area contributed by atoms with Gasteiger partial charge in [0.05, 0.1) is 15.9 Å². The van der Waals surface area contributed by atoms with Crippen LogP contribution in [0.3, 0.4) is 0 Å². The second-order valence-electron chi connectivity index (χ2n) is 8.37. The van der Waals surface area contributed by atoms with E-state index in [4.69, 9.17) is 4.98 Å². The van der Waals surface area contributed by atoms with Crippen molar-refractivity contribution < 1.29 is 14.4 Å². The minimum absolute atomic E-state index is 0.0361. The minimum atomic E-state index is -0.189. The summed E-state index contributed by atoms with van der Waals surface area (Å²) in [5, 5.41) is 1.00. The molecule has 32 heavy (non-hydrogen) atoms. The number of rotatable bonds is 3. The van der Waals surface area contributed by atoms with E-state index in [1.807, 2.05) is 4.90 Å². The van der Waals surface area contributed by atoms with Gasteiger partial charge >= 0.3 is 0 Å². The molecule has 2 saturated heterocycles. The number of fused-ring (bicyclic) bond motifs is 1. The van der Waals surface area contributed by atoms with E-state index >= 15 is 0 Å². The quantitative estimate of drug-likeness (QED) is 0.573. The molecular formula is C24H24N4O3S. The van der Waals surface area contributed by atoms with Crippen LogP contribution in [0, 0.1) is 13.8 Å². The second kappa shape index (κ2) is 8.02. The van der Waals surface area contributed by atoms with Crippen LogP contribution >= 0.6 is 11.3 Å². The summed E-state index contributed by atoms with van der Waals surface area (Å²) < 4.78 is 1.20. The fourth-order valence-electron chi connectivity index (χ4n) is 4.40. The average Bonchev–Trinajstić information content (AvgIpc) is 3.36. The van der Waals surface area contributed by atoms with Crippen molar-refractivity contribution in [2.24, 2.45) is 0 Å². The van der Waals surface area contributed by atoms with Crippen molar-refractivity contribution in [3.8, 4) is 0 Å². The van der Waals surface area contributed by atoms with Gasteiger partial charge < -0.3 is 9.80 Å². The van der Waals surface area contributed by atoms with Gasteiger partial charge in [-0.25, -0.2) is 4.98 Å². The third-order valence-electron chi connectivity index (χ3n) is 6.08. The highest BCUT2D eigenvalue weighted by Gasteiger charge is 2.30. The van der Waals surface area contributed by atoms with E-state index < -0.39 is 0 Å². The first kappa shape index (κ1) is 20.6.